The van der Waals surface area contributed by atoms with Crippen LogP contribution < -0.4 is 10.2 Å². The number of benzene rings is 2. The molecule has 6 nitrogen and oxygen atoms in total. The van der Waals surface area contributed by atoms with Gasteiger partial charge in [0.25, 0.3) is 5.91 Å². The van der Waals surface area contributed by atoms with Gasteiger partial charge in [-0.25, -0.2) is 0 Å². The molecule has 1 amide bonds. The molecule has 0 spiro atoms. The highest BCUT2D eigenvalue weighted by atomic mass is 16.5. The molecule has 2 aromatic carbocycles. The Kier molecular flexibility index (Phi) is 6.56. The van der Waals surface area contributed by atoms with Gasteiger partial charge in [0.05, 0.1) is 30.2 Å². The van der Waals surface area contributed by atoms with E-state index in [1.807, 2.05) is 50.2 Å². The topological polar surface area (TPSA) is 69.0 Å². The van der Waals surface area contributed by atoms with Crippen LogP contribution in [0.1, 0.15) is 59.1 Å². The summed E-state index contributed by atoms with van der Waals surface area (Å²) in [6, 6.07) is 10.9. The third-order valence-corrected chi connectivity index (χ3v) is 6.09. The highest BCUT2D eigenvalue weighted by Gasteiger charge is 2.42. The zero-order valence-electron chi connectivity index (χ0n) is 19.9. The van der Waals surface area contributed by atoms with Crippen LogP contribution in [-0.2, 0) is 4.74 Å². The van der Waals surface area contributed by atoms with Gasteiger partial charge in [-0.05, 0) is 61.1 Å². The molecule has 2 heterocycles. The van der Waals surface area contributed by atoms with E-state index in [0.29, 0.717) is 42.2 Å². The monoisotopic (exact) mass is 449 g/mol. The maximum atomic E-state index is 13.7. The van der Waals surface area contributed by atoms with Gasteiger partial charge in [-0.3, -0.25) is 9.59 Å². The van der Waals surface area contributed by atoms with Crippen molar-refractivity contribution in [3.63, 3.8) is 0 Å². The molecule has 33 heavy (non-hydrogen) atoms. The first-order chi connectivity index (χ1) is 15.8. The van der Waals surface area contributed by atoms with Crippen LogP contribution in [0.25, 0.3) is 11.0 Å². The summed E-state index contributed by atoms with van der Waals surface area (Å²) in [7, 11) is 1.59. The second kappa shape index (κ2) is 9.40. The molecule has 4 rings (SSSR count). The first-order valence-corrected chi connectivity index (χ1v) is 11.4. The average molecular weight is 450 g/mol. The minimum atomic E-state index is -0.558. The van der Waals surface area contributed by atoms with Gasteiger partial charge in [-0.15, -0.1) is 0 Å². The lowest BCUT2D eigenvalue weighted by molar-refractivity contribution is 0.0663. The Morgan fingerprint density at radius 3 is 2.61 bits per heavy atom. The third-order valence-electron chi connectivity index (χ3n) is 6.09. The smallest absolute Gasteiger partial charge is 0.290 e. The Morgan fingerprint density at radius 1 is 1.09 bits per heavy atom. The van der Waals surface area contributed by atoms with E-state index >= 15 is 0 Å². The number of nitrogens with zero attached hydrogens (tertiary/aromatic N) is 1. The van der Waals surface area contributed by atoms with Crippen molar-refractivity contribution in [3.05, 3.63) is 74.6 Å². The normalized spacial score (nSPS) is 15.5. The van der Waals surface area contributed by atoms with Gasteiger partial charge in [0.15, 0.2) is 5.43 Å². The van der Waals surface area contributed by atoms with E-state index in [1.165, 1.54) is 0 Å². The Balaban J connectivity index is 1.84. The lowest BCUT2D eigenvalue weighted by Crippen LogP contribution is -2.32. The largest absolute Gasteiger partial charge is 0.494 e. The molecule has 3 aromatic rings. The molecule has 0 bridgehead atoms. The number of hydrogen-bond donors (Lipinski definition) is 0. The van der Waals surface area contributed by atoms with E-state index in [0.717, 1.165) is 28.9 Å². The molecule has 0 aliphatic carbocycles. The van der Waals surface area contributed by atoms with Crippen molar-refractivity contribution in [3.8, 4) is 5.75 Å². The van der Waals surface area contributed by atoms with Crippen molar-refractivity contribution in [2.24, 2.45) is 5.92 Å². The number of carbonyl (C=O) groups excluding carboxylic acids is 1. The summed E-state index contributed by atoms with van der Waals surface area (Å²) in [5, 5.41) is 0.523. The number of fused-ring (bicyclic) bond motifs is 2. The highest BCUT2D eigenvalue weighted by molar-refractivity contribution is 5.99. The Labute approximate surface area is 194 Å². The van der Waals surface area contributed by atoms with Gasteiger partial charge in [-0.2, -0.15) is 0 Å². The number of ether oxygens (including phenoxy) is 2. The molecular weight excluding hydrogens is 418 g/mol. The molecule has 6 heteroatoms. The van der Waals surface area contributed by atoms with Crippen LogP contribution in [-0.4, -0.2) is 37.7 Å². The predicted molar refractivity (Wildman–Crippen MR) is 128 cm³/mol. The summed E-state index contributed by atoms with van der Waals surface area (Å²) in [5.74, 6) is 1.08. The molecular formula is C27H31NO5. The summed E-state index contributed by atoms with van der Waals surface area (Å²) < 4.78 is 17.3. The summed E-state index contributed by atoms with van der Waals surface area (Å²) >= 11 is 0. The number of carbonyl (C=O) groups is 1. The van der Waals surface area contributed by atoms with Gasteiger partial charge >= 0.3 is 0 Å². The quantitative estimate of drug-likeness (QED) is 0.483. The molecule has 1 aromatic heterocycles. The fourth-order valence-corrected chi connectivity index (χ4v) is 4.47. The molecule has 174 valence electrons. The molecule has 0 saturated carbocycles. The Bertz CT molecular complexity index is 1240. The molecule has 0 saturated heterocycles. The van der Waals surface area contributed by atoms with E-state index in [-0.39, 0.29) is 17.1 Å². The molecule has 1 unspecified atom stereocenters. The number of aryl methyl sites for hydroxylation is 2. The zero-order valence-corrected chi connectivity index (χ0v) is 19.9. The minimum absolute atomic E-state index is 0.115. The highest BCUT2D eigenvalue weighted by Crippen LogP contribution is 2.39. The zero-order chi connectivity index (χ0) is 23.7. The average Bonchev–Trinajstić information content (AvgIpc) is 3.03. The number of hydrogen-bond acceptors (Lipinski definition) is 5. The van der Waals surface area contributed by atoms with Crippen LogP contribution in [0.5, 0.6) is 5.75 Å². The summed E-state index contributed by atoms with van der Waals surface area (Å²) in [6.07, 6.45) is 0.948. The second-order valence-electron chi connectivity index (χ2n) is 9.13. The first kappa shape index (κ1) is 23.1. The molecule has 1 aliphatic heterocycles. The SMILES string of the molecule is COCCN1C(=O)c2oc3cc(C)cc(C)c3c(=O)c2C1c1cccc(OCCC(C)C)c1. The van der Waals surface area contributed by atoms with Crippen LogP contribution in [0.4, 0.5) is 0 Å². The Hall–Kier alpha value is -3.12. The van der Waals surface area contributed by atoms with Crippen LogP contribution in [0.2, 0.25) is 0 Å². The van der Waals surface area contributed by atoms with Crippen LogP contribution in [0, 0.1) is 19.8 Å². The molecule has 0 fully saturated rings. The fraction of sp³-hybridized carbons (Fsp3) is 0.407. The van der Waals surface area contributed by atoms with Crippen LogP contribution in [0.15, 0.2) is 45.6 Å². The predicted octanol–water partition coefficient (Wildman–Crippen LogP) is 5.03. The van der Waals surface area contributed by atoms with E-state index < -0.39 is 6.04 Å². The van der Waals surface area contributed by atoms with Crippen molar-refractivity contribution in [1.82, 2.24) is 4.90 Å². The second-order valence-corrected chi connectivity index (χ2v) is 9.13. The molecule has 1 aliphatic rings. The molecule has 0 radical (unpaired) electrons. The number of amides is 1. The van der Waals surface area contributed by atoms with Gasteiger partial charge in [0, 0.05) is 13.7 Å². The van der Waals surface area contributed by atoms with E-state index in [9.17, 15) is 9.59 Å². The van der Waals surface area contributed by atoms with Gasteiger partial charge in [0.1, 0.15) is 11.3 Å². The van der Waals surface area contributed by atoms with Crippen molar-refractivity contribution >= 4 is 16.9 Å². The number of methoxy groups -OCH3 is 1. The minimum Gasteiger partial charge on any atom is -0.494 e. The fourth-order valence-electron chi connectivity index (χ4n) is 4.47. The maximum absolute atomic E-state index is 13.7. The van der Waals surface area contributed by atoms with E-state index in [2.05, 4.69) is 13.8 Å². The van der Waals surface area contributed by atoms with Gasteiger partial charge < -0.3 is 18.8 Å². The standard InChI is InChI=1S/C27H31NO5/c1-16(2)9-11-32-20-8-6-7-19(15-20)24-23-25(29)22-18(4)13-17(3)14-21(22)33-26(23)27(30)28(24)10-12-31-5/h6-8,13-16,24H,9-12H2,1-5H3. The van der Waals surface area contributed by atoms with E-state index in [4.69, 9.17) is 13.9 Å². The molecule has 1 atom stereocenters. The van der Waals surface area contributed by atoms with E-state index in [1.54, 1.807) is 12.0 Å². The van der Waals surface area contributed by atoms with Crippen molar-refractivity contribution in [2.75, 3.05) is 26.9 Å². The Morgan fingerprint density at radius 2 is 1.88 bits per heavy atom. The van der Waals surface area contributed by atoms with Crippen LogP contribution in [0.3, 0.4) is 0 Å². The summed E-state index contributed by atoms with van der Waals surface area (Å²) in [5.41, 5.74) is 3.31. The number of rotatable bonds is 8. The molecule has 0 N–H and O–H groups in total. The first-order valence-electron chi connectivity index (χ1n) is 11.4. The van der Waals surface area contributed by atoms with Gasteiger partial charge in [0.2, 0.25) is 5.76 Å². The lowest BCUT2D eigenvalue weighted by atomic mass is 9.96. The third kappa shape index (κ3) is 4.40. The summed E-state index contributed by atoms with van der Waals surface area (Å²) in [6.45, 7) is 9.46. The lowest BCUT2D eigenvalue weighted by Gasteiger charge is -2.25. The van der Waals surface area contributed by atoms with Crippen molar-refractivity contribution in [2.45, 2.75) is 40.2 Å². The maximum Gasteiger partial charge on any atom is 0.290 e. The van der Waals surface area contributed by atoms with Crippen molar-refractivity contribution in [1.29, 1.82) is 0 Å². The summed E-state index contributed by atoms with van der Waals surface area (Å²) in [4.78, 5) is 28.8. The van der Waals surface area contributed by atoms with Crippen molar-refractivity contribution < 1.29 is 18.7 Å². The van der Waals surface area contributed by atoms with Crippen LogP contribution >= 0.6 is 0 Å². The van der Waals surface area contributed by atoms with Gasteiger partial charge in [-0.1, -0.05) is 32.0 Å².